The highest BCUT2D eigenvalue weighted by atomic mass is 15.2. The van der Waals surface area contributed by atoms with E-state index in [1.807, 2.05) is 0 Å². The van der Waals surface area contributed by atoms with Gasteiger partial charge in [0.25, 0.3) is 0 Å². The minimum absolute atomic E-state index is 0.749. The van der Waals surface area contributed by atoms with Crippen molar-refractivity contribution < 1.29 is 0 Å². The van der Waals surface area contributed by atoms with Gasteiger partial charge in [0, 0.05) is 24.7 Å². The molecule has 1 heterocycles. The van der Waals surface area contributed by atoms with Crippen LogP contribution in [0.5, 0.6) is 0 Å². The Kier molecular flexibility index (Phi) is 6.07. The summed E-state index contributed by atoms with van der Waals surface area (Å²) in [6.07, 6.45) is 11.7. The smallest absolute Gasteiger partial charge is 0.0102 e. The van der Waals surface area contributed by atoms with Gasteiger partial charge in [-0.15, -0.1) is 0 Å². The molecule has 0 N–H and O–H groups in total. The van der Waals surface area contributed by atoms with Crippen LogP contribution in [0.2, 0.25) is 0 Å². The van der Waals surface area contributed by atoms with E-state index in [1.165, 1.54) is 71.0 Å². The van der Waals surface area contributed by atoms with Crippen molar-refractivity contribution in [1.82, 2.24) is 9.80 Å². The molecule has 2 saturated carbocycles. The van der Waals surface area contributed by atoms with Crippen LogP contribution in [0.4, 0.5) is 0 Å². The summed E-state index contributed by atoms with van der Waals surface area (Å²) in [4.78, 5) is 5.65. The lowest BCUT2D eigenvalue weighted by Gasteiger charge is -2.41. The molecular formula is C21H40N2. The summed E-state index contributed by atoms with van der Waals surface area (Å²) < 4.78 is 0. The molecule has 1 saturated heterocycles. The Balaban J connectivity index is 1.39. The number of rotatable bonds is 6. The molecule has 0 aromatic rings. The van der Waals surface area contributed by atoms with Crippen LogP contribution < -0.4 is 0 Å². The van der Waals surface area contributed by atoms with Crippen LogP contribution in [0.1, 0.15) is 79.1 Å². The van der Waals surface area contributed by atoms with Crippen molar-refractivity contribution in [3.8, 4) is 0 Å². The van der Waals surface area contributed by atoms with E-state index in [9.17, 15) is 0 Å². The Morgan fingerprint density at radius 1 is 0.783 bits per heavy atom. The van der Waals surface area contributed by atoms with Gasteiger partial charge in [0.2, 0.25) is 0 Å². The van der Waals surface area contributed by atoms with Crippen molar-refractivity contribution in [3.05, 3.63) is 0 Å². The van der Waals surface area contributed by atoms with Crippen molar-refractivity contribution in [2.45, 2.75) is 97.2 Å². The van der Waals surface area contributed by atoms with E-state index in [0.29, 0.717) is 0 Å². The van der Waals surface area contributed by atoms with Crippen LogP contribution in [0.25, 0.3) is 0 Å². The lowest BCUT2D eigenvalue weighted by molar-refractivity contribution is 0.0776. The second-order valence-corrected chi connectivity index (χ2v) is 9.33. The molecule has 1 aliphatic heterocycles. The number of piperidine rings is 1. The molecule has 0 unspecified atom stereocenters. The average molecular weight is 321 g/mol. The maximum Gasteiger partial charge on any atom is 0.0102 e. The Morgan fingerprint density at radius 3 is 1.74 bits per heavy atom. The second kappa shape index (κ2) is 7.87. The van der Waals surface area contributed by atoms with E-state index in [0.717, 1.165) is 35.9 Å². The van der Waals surface area contributed by atoms with Gasteiger partial charge in [0.1, 0.15) is 0 Å². The standard InChI is InChI=1S/C21H40N2/c1-16(2)19-11-13-22(14-12-19)15-18-5-7-20(8-6-18)23(17(3)4)21-9-10-21/h16-21H,5-15H2,1-4H3. The van der Waals surface area contributed by atoms with Crippen LogP contribution in [-0.4, -0.2) is 47.6 Å². The quantitative estimate of drug-likeness (QED) is 0.694. The van der Waals surface area contributed by atoms with Gasteiger partial charge < -0.3 is 4.90 Å². The molecule has 3 aliphatic rings. The maximum atomic E-state index is 2.87. The second-order valence-electron chi connectivity index (χ2n) is 9.33. The summed E-state index contributed by atoms with van der Waals surface area (Å²) >= 11 is 0. The Morgan fingerprint density at radius 2 is 1.30 bits per heavy atom. The molecule has 2 aliphatic carbocycles. The van der Waals surface area contributed by atoms with Crippen molar-refractivity contribution in [1.29, 1.82) is 0 Å². The van der Waals surface area contributed by atoms with E-state index < -0.39 is 0 Å². The first kappa shape index (κ1) is 17.7. The zero-order chi connectivity index (χ0) is 16.4. The normalized spacial score (nSPS) is 31.4. The number of hydrogen-bond donors (Lipinski definition) is 0. The first-order valence-corrected chi connectivity index (χ1v) is 10.5. The van der Waals surface area contributed by atoms with Crippen LogP contribution in [0, 0.1) is 17.8 Å². The lowest BCUT2D eigenvalue weighted by Crippen LogP contribution is -2.45. The molecule has 0 aromatic carbocycles. The third-order valence-corrected chi connectivity index (χ3v) is 6.89. The summed E-state index contributed by atoms with van der Waals surface area (Å²) in [6, 6.07) is 2.58. The average Bonchev–Trinajstić information content (AvgIpc) is 3.34. The summed E-state index contributed by atoms with van der Waals surface area (Å²) in [6.45, 7) is 13.7. The van der Waals surface area contributed by atoms with Gasteiger partial charge >= 0.3 is 0 Å². The first-order valence-electron chi connectivity index (χ1n) is 10.5. The zero-order valence-corrected chi connectivity index (χ0v) is 16.1. The Labute approximate surface area is 145 Å². The van der Waals surface area contributed by atoms with Crippen molar-refractivity contribution >= 4 is 0 Å². The van der Waals surface area contributed by atoms with Gasteiger partial charge in [-0.25, -0.2) is 0 Å². The van der Waals surface area contributed by atoms with Crippen LogP contribution in [-0.2, 0) is 0 Å². The number of nitrogens with zero attached hydrogens (tertiary/aromatic N) is 2. The molecule has 0 radical (unpaired) electrons. The number of likely N-dealkylation sites (tertiary alicyclic amines) is 1. The molecule has 0 amide bonds. The third kappa shape index (κ3) is 4.72. The number of hydrogen-bond acceptors (Lipinski definition) is 2. The highest BCUT2D eigenvalue weighted by Crippen LogP contribution is 2.37. The van der Waals surface area contributed by atoms with Crippen LogP contribution in [0.3, 0.4) is 0 Å². The van der Waals surface area contributed by atoms with Crippen molar-refractivity contribution in [3.63, 3.8) is 0 Å². The highest BCUT2D eigenvalue weighted by Gasteiger charge is 2.37. The predicted octanol–water partition coefficient (Wildman–Crippen LogP) is 4.79. The summed E-state index contributed by atoms with van der Waals surface area (Å²) in [5.74, 6) is 2.85. The molecule has 23 heavy (non-hydrogen) atoms. The van der Waals surface area contributed by atoms with Crippen molar-refractivity contribution in [2.24, 2.45) is 17.8 Å². The SMILES string of the molecule is CC(C)C1CCN(CC2CCC(N(C(C)C)C3CC3)CC2)CC1. The van der Waals surface area contributed by atoms with Gasteiger partial charge in [-0.2, -0.15) is 0 Å². The van der Waals surface area contributed by atoms with E-state index >= 15 is 0 Å². The molecule has 0 aromatic heterocycles. The maximum absolute atomic E-state index is 2.87. The molecule has 2 heteroatoms. The predicted molar refractivity (Wildman–Crippen MR) is 99.7 cm³/mol. The van der Waals surface area contributed by atoms with E-state index in [4.69, 9.17) is 0 Å². The Bertz CT molecular complexity index is 343. The van der Waals surface area contributed by atoms with Gasteiger partial charge in [-0.1, -0.05) is 13.8 Å². The van der Waals surface area contributed by atoms with E-state index in [2.05, 4.69) is 37.5 Å². The molecule has 2 nitrogen and oxygen atoms in total. The zero-order valence-electron chi connectivity index (χ0n) is 16.1. The highest BCUT2D eigenvalue weighted by molar-refractivity contribution is 4.92. The molecule has 0 atom stereocenters. The minimum atomic E-state index is 0.749. The molecule has 0 bridgehead atoms. The fourth-order valence-corrected chi connectivity index (χ4v) is 5.31. The van der Waals surface area contributed by atoms with E-state index in [1.54, 1.807) is 0 Å². The Hall–Kier alpha value is -0.0800. The summed E-state index contributed by atoms with van der Waals surface area (Å²) in [5, 5.41) is 0. The fourth-order valence-electron chi connectivity index (χ4n) is 5.31. The molecular weight excluding hydrogens is 280 g/mol. The monoisotopic (exact) mass is 320 g/mol. The molecule has 0 spiro atoms. The molecule has 3 rings (SSSR count). The van der Waals surface area contributed by atoms with Crippen LogP contribution >= 0.6 is 0 Å². The van der Waals surface area contributed by atoms with Crippen molar-refractivity contribution in [2.75, 3.05) is 19.6 Å². The third-order valence-electron chi connectivity index (χ3n) is 6.89. The molecule has 3 fully saturated rings. The minimum Gasteiger partial charge on any atom is -0.303 e. The largest absolute Gasteiger partial charge is 0.303 e. The van der Waals surface area contributed by atoms with Gasteiger partial charge in [0.15, 0.2) is 0 Å². The van der Waals surface area contributed by atoms with Gasteiger partial charge in [-0.3, -0.25) is 4.90 Å². The first-order chi connectivity index (χ1) is 11.0. The fraction of sp³-hybridized carbons (Fsp3) is 1.00. The molecule has 134 valence electrons. The van der Waals surface area contributed by atoms with Gasteiger partial charge in [0.05, 0.1) is 0 Å². The topological polar surface area (TPSA) is 6.48 Å². The lowest BCUT2D eigenvalue weighted by atomic mass is 9.83. The summed E-state index contributed by atoms with van der Waals surface area (Å²) in [5.41, 5.74) is 0. The summed E-state index contributed by atoms with van der Waals surface area (Å²) in [7, 11) is 0. The van der Waals surface area contributed by atoms with E-state index in [-0.39, 0.29) is 0 Å². The van der Waals surface area contributed by atoms with Crippen LogP contribution in [0.15, 0.2) is 0 Å². The van der Waals surface area contributed by atoms with Gasteiger partial charge in [-0.05, 0) is 96.1 Å².